The number of aliphatic hydroxyl groups excluding tert-OH is 1. The number of ether oxygens (including phenoxy) is 2. The van der Waals surface area contributed by atoms with Crippen LogP contribution < -0.4 is 10.5 Å². The number of benzene rings is 1. The van der Waals surface area contributed by atoms with Gasteiger partial charge < -0.3 is 20.3 Å². The van der Waals surface area contributed by atoms with Crippen molar-refractivity contribution in [3.8, 4) is 5.75 Å². The lowest BCUT2D eigenvalue weighted by Gasteiger charge is -2.12. The van der Waals surface area contributed by atoms with E-state index >= 15 is 0 Å². The topological polar surface area (TPSA) is 64.7 Å². The average molecular weight is 253 g/mol. The molecule has 1 rings (SSSR count). The van der Waals surface area contributed by atoms with Crippen molar-refractivity contribution in [3.05, 3.63) is 29.8 Å². The zero-order chi connectivity index (χ0) is 13.2. The normalized spacial score (nSPS) is 12.4. The van der Waals surface area contributed by atoms with E-state index in [1.807, 2.05) is 24.3 Å². The summed E-state index contributed by atoms with van der Waals surface area (Å²) in [7, 11) is 0. The highest BCUT2D eigenvalue weighted by molar-refractivity contribution is 5.27. The van der Waals surface area contributed by atoms with Gasteiger partial charge in [0.05, 0.1) is 6.61 Å². The Morgan fingerprint density at radius 3 is 2.56 bits per heavy atom. The third-order valence-corrected chi connectivity index (χ3v) is 2.55. The zero-order valence-corrected chi connectivity index (χ0v) is 11.0. The lowest BCUT2D eigenvalue weighted by Crippen LogP contribution is -2.23. The molecule has 18 heavy (non-hydrogen) atoms. The van der Waals surface area contributed by atoms with Gasteiger partial charge in [0.2, 0.25) is 0 Å². The van der Waals surface area contributed by atoms with Gasteiger partial charge in [0.25, 0.3) is 0 Å². The highest BCUT2D eigenvalue weighted by atomic mass is 16.5. The predicted octanol–water partition coefficient (Wildman–Crippen LogP) is 1.70. The van der Waals surface area contributed by atoms with Crippen molar-refractivity contribution in [2.45, 2.75) is 32.4 Å². The molecule has 0 heterocycles. The number of aliphatic hydroxyl groups is 1. The van der Waals surface area contributed by atoms with E-state index in [4.69, 9.17) is 15.2 Å². The molecule has 1 aromatic carbocycles. The van der Waals surface area contributed by atoms with Crippen LogP contribution in [0.4, 0.5) is 0 Å². The molecule has 0 saturated carbocycles. The summed E-state index contributed by atoms with van der Waals surface area (Å²) in [6.45, 7) is 3.88. The lowest BCUT2D eigenvalue weighted by atomic mass is 10.2. The standard InChI is InChI=1S/C14H23NO3/c1-2-3-8-17-10-13(16)11-18-14-6-4-12(9-15)5-7-14/h4-7,13,16H,2-3,8-11,15H2,1H3. The molecular formula is C14H23NO3. The third-order valence-electron chi connectivity index (χ3n) is 2.55. The van der Waals surface area contributed by atoms with E-state index in [9.17, 15) is 5.11 Å². The first-order chi connectivity index (χ1) is 8.76. The van der Waals surface area contributed by atoms with Crippen LogP contribution in [-0.2, 0) is 11.3 Å². The lowest BCUT2D eigenvalue weighted by molar-refractivity contribution is 0.0113. The highest BCUT2D eigenvalue weighted by Gasteiger charge is 2.05. The van der Waals surface area contributed by atoms with E-state index in [2.05, 4.69) is 6.92 Å². The largest absolute Gasteiger partial charge is 0.491 e. The van der Waals surface area contributed by atoms with E-state index in [0.29, 0.717) is 19.8 Å². The van der Waals surface area contributed by atoms with Gasteiger partial charge in [0.1, 0.15) is 18.5 Å². The first kappa shape index (κ1) is 15.0. The van der Waals surface area contributed by atoms with Crippen LogP contribution in [0.2, 0.25) is 0 Å². The maximum absolute atomic E-state index is 9.64. The molecule has 1 atom stereocenters. The van der Waals surface area contributed by atoms with Crippen LogP contribution in [0.5, 0.6) is 5.75 Å². The molecule has 0 radical (unpaired) electrons. The van der Waals surface area contributed by atoms with Crippen molar-refractivity contribution in [2.75, 3.05) is 19.8 Å². The molecule has 4 heteroatoms. The molecule has 0 aliphatic carbocycles. The molecule has 0 spiro atoms. The fourth-order valence-corrected chi connectivity index (χ4v) is 1.43. The van der Waals surface area contributed by atoms with Gasteiger partial charge in [-0.15, -0.1) is 0 Å². The Bertz CT molecular complexity index is 313. The van der Waals surface area contributed by atoms with Gasteiger partial charge in [0, 0.05) is 13.2 Å². The molecule has 0 amide bonds. The average Bonchev–Trinajstić information content (AvgIpc) is 2.42. The molecule has 102 valence electrons. The summed E-state index contributed by atoms with van der Waals surface area (Å²) in [5.74, 6) is 0.736. The number of hydrogen-bond acceptors (Lipinski definition) is 4. The van der Waals surface area contributed by atoms with Crippen molar-refractivity contribution in [1.29, 1.82) is 0 Å². The van der Waals surface area contributed by atoms with Crippen LogP contribution in [0, 0.1) is 0 Å². The molecule has 0 aliphatic heterocycles. The van der Waals surface area contributed by atoms with Crippen LogP contribution in [0.1, 0.15) is 25.3 Å². The van der Waals surface area contributed by atoms with E-state index in [1.54, 1.807) is 0 Å². The molecule has 0 fully saturated rings. The summed E-state index contributed by atoms with van der Waals surface area (Å²) in [5, 5.41) is 9.64. The summed E-state index contributed by atoms with van der Waals surface area (Å²) in [6.07, 6.45) is 1.53. The second-order valence-corrected chi connectivity index (χ2v) is 4.24. The number of rotatable bonds is 9. The molecule has 0 aliphatic rings. The molecule has 4 nitrogen and oxygen atoms in total. The highest BCUT2D eigenvalue weighted by Crippen LogP contribution is 2.12. The van der Waals surface area contributed by atoms with Gasteiger partial charge in [-0.3, -0.25) is 0 Å². The van der Waals surface area contributed by atoms with Crippen LogP contribution in [0.15, 0.2) is 24.3 Å². The van der Waals surface area contributed by atoms with Crippen molar-refractivity contribution in [1.82, 2.24) is 0 Å². The summed E-state index contributed by atoms with van der Waals surface area (Å²) in [6, 6.07) is 7.54. The van der Waals surface area contributed by atoms with Gasteiger partial charge in [-0.1, -0.05) is 25.5 Å². The SMILES string of the molecule is CCCCOCC(O)COc1ccc(CN)cc1. The minimum Gasteiger partial charge on any atom is -0.491 e. The van der Waals surface area contributed by atoms with Crippen LogP contribution in [0.3, 0.4) is 0 Å². The van der Waals surface area contributed by atoms with Crippen LogP contribution >= 0.6 is 0 Å². The fraction of sp³-hybridized carbons (Fsp3) is 0.571. The van der Waals surface area contributed by atoms with Crippen molar-refractivity contribution < 1.29 is 14.6 Å². The summed E-state index contributed by atoms with van der Waals surface area (Å²) >= 11 is 0. The van der Waals surface area contributed by atoms with Gasteiger partial charge >= 0.3 is 0 Å². The minimum atomic E-state index is -0.587. The molecule has 0 aromatic heterocycles. The number of nitrogens with two attached hydrogens (primary N) is 1. The summed E-state index contributed by atoms with van der Waals surface area (Å²) in [5.41, 5.74) is 6.57. The molecule has 0 bridgehead atoms. The Labute approximate surface area is 109 Å². The molecule has 0 saturated heterocycles. The Morgan fingerprint density at radius 2 is 1.94 bits per heavy atom. The van der Waals surface area contributed by atoms with Crippen LogP contribution in [-0.4, -0.2) is 31.0 Å². The smallest absolute Gasteiger partial charge is 0.119 e. The first-order valence-electron chi connectivity index (χ1n) is 6.44. The van der Waals surface area contributed by atoms with Crippen LogP contribution in [0.25, 0.3) is 0 Å². The van der Waals surface area contributed by atoms with Gasteiger partial charge in [0.15, 0.2) is 0 Å². The monoisotopic (exact) mass is 253 g/mol. The zero-order valence-electron chi connectivity index (χ0n) is 11.0. The molecule has 1 aromatic rings. The van der Waals surface area contributed by atoms with E-state index < -0.39 is 6.10 Å². The van der Waals surface area contributed by atoms with Crippen molar-refractivity contribution >= 4 is 0 Å². The molecule has 1 unspecified atom stereocenters. The van der Waals surface area contributed by atoms with Gasteiger partial charge in [-0.2, -0.15) is 0 Å². The summed E-state index contributed by atoms with van der Waals surface area (Å²) < 4.78 is 10.8. The fourth-order valence-electron chi connectivity index (χ4n) is 1.43. The quantitative estimate of drug-likeness (QED) is 0.657. The van der Waals surface area contributed by atoms with E-state index in [-0.39, 0.29) is 6.61 Å². The van der Waals surface area contributed by atoms with E-state index in [0.717, 1.165) is 24.2 Å². The number of unbranched alkanes of at least 4 members (excludes halogenated alkanes) is 1. The second kappa shape index (κ2) is 8.91. The van der Waals surface area contributed by atoms with Crippen molar-refractivity contribution in [3.63, 3.8) is 0 Å². The Balaban J connectivity index is 2.18. The van der Waals surface area contributed by atoms with Crippen molar-refractivity contribution in [2.24, 2.45) is 5.73 Å². The molecule has 3 N–H and O–H groups in total. The first-order valence-corrected chi connectivity index (χ1v) is 6.44. The number of hydrogen-bond donors (Lipinski definition) is 2. The minimum absolute atomic E-state index is 0.244. The Kier molecular flexibility index (Phi) is 7.41. The third kappa shape index (κ3) is 6.00. The Morgan fingerprint density at radius 1 is 1.22 bits per heavy atom. The summed E-state index contributed by atoms with van der Waals surface area (Å²) in [4.78, 5) is 0. The Hall–Kier alpha value is -1.10. The van der Waals surface area contributed by atoms with Gasteiger partial charge in [-0.05, 0) is 24.1 Å². The predicted molar refractivity (Wildman–Crippen MR) is 71.6 cm³/mol. The maximum atomic E-state index is 9.64. The second-order valence-electron chi connectivity index (χ2n) is 4.24. The van der Waals surface area contributed by atoms with Gasteiger partial charge in [-0.25, -0.2) is 0 Å². The van der Waals surface area contributed by atoms with E-state index in [1.165, 1.54) is 0 Å². The maximum Gasteiger partial charge on any atom is 0.119 e. The molecular weight excluding hydrogens is 230 g/mol.